The molecule has 0 saturated heterocycles. The van der Waals surface area contributed by atoms with Gasteiger partial charge in [0.05, 0.1) is 22.9 Å². The van der Waals surface area contributed by atoms with E-state index < -0.39 is 20.0 Å². The Balaban J connectivity index is 1.71. The highest BCUT2D eigenvalue weighted by Crippen LogP contribution is 2.32. The van der Waals surface area contributed by atoms with Crippen LogP contribution in [0.25, 0.3) is 11.1 Å². The molecule has 2 aromatic carbocycles. The predicted octanol–water partition coefficient (Wildman–Crippen LogP) is 1.95. The summed E-state index contributed by atoms with van der Waals surface area (Å²) in [5.41, 5.74) is 5.20. The van der Waals surface area contributed by atoms with E-state index in [1.807, 2.05) is 24.3 Å². The molecule has 2 N–H and O–H groups in total. The van der Waals surface area contributed by atoms with E-state index >= 15 is 0 Å². The summed E-state index contributed by atoms with van der Waals surface area (Å²) in [6.45, 7) is 0. The van der Waals surface area contributed by atoms with E-state index in [-0.39, 0.29) is 11.5 Å². The molecule has 2 aromatic rings. The maximum Gasteiger partial charge on any atom is 0.233 e. The maximum absolute atomic E-state index is 11.6. The van der Waals surface area contributed by atoms with Crippen molar-refractivity contribution in [3.05, 3.63) is 47.5 Å². The van der Waals surface area contributed by atoms with Crippen molar-refractivity contribution < 1.29 is 16.8 Å². The van der Waals surface area contributed by atoms with E-state index in [2.05, 4.69) is 9.44 Å². The molecule has 0 fully saturated rings. The number of nitrogens with one attached hydrogen (secondary N) is 2. The van der Waals surface area contributed by atoms with Gasteiger partial charge in [0.2, 0.25) is 20.0 Å². The number of sulfonamides is 2. The molecular formula is C16H16N2O4S2. The lowest BCUT2D eigenvalue weighted by Crippen LogP contribution is -2.24. The fourth-order valence-electron chi connectivity index (χ4n) is 3.09. The molecule has 8 heteroatoms. The molecule has 0 saturated carbocycles. The van der Waals surface area contributed by atoms with Gasteiger partial charge in [-0.1, -0.05) is 12.1 Å². The van der Waals surface area contributed by atoms with Gasteiger partial charge in [-0.2, -0.15) is 0 Å². The van der Waals surface area contributed by atoms with Gasteiger partial charge in [-0.05, 0) is 59.4 Å². The van der Waals surface area contributed by atoms with E-state index in [0.717, 1.165) is 22.3 Å². The van der Waals surface area contributed by atoms with E-state index in [0.29, 0.717) is 24.2 Å². The second kappa shape index (κ2) is 5.22. The summed E-state index contributed by atoms with van der Waals surface area (Å²) in [6.07, 6.45) is 0.979. The molecule has 126 valence electrons. The summed E-state index contributed by atoms with van der Waals surface area (Å²) in [5, 5.41) is 0. The highest BCUT2D eigenvalue weighted by molar-refractivity contribution is 7.93. The van der Waals surface area contributed by atoms with Crippen LogP contribution in [0.3, 0.4) is 0 Å². The summed E-state index contributed by atoms with van der Waals surface area (Å²) >= 11 is 0. The van der Waals surface area contributed by atoms with Crippen LogP contribution in [0.5, 0.6) is 0 Å². The predicted molar refractivity (Wildman–Crippen MR) is 94.1 cm³/mol. The van der Waals surface area contributed by atoms with E-state index in [1.54, 1.807) is 12.1 Å². The SMILES string of the molecule is O=S1(=O)CCc2cc(-c3ccc4c(c3)CCS(=O)(=O)N4)ccc2N1. The lowest BCUT2D eigenvalue weighted by Gasteiger charge is -2.21. The largest absolute Gasteiger partial charge is 0.283 e. The molecule has 0 radical (unpaired) electrons. The molecule has 2 aliphatic heterocycles. The van der Waals surface area contributed by atoms with Gasteiger partial charge in [-0.3, -0.25) is 9.44 Å². The maximum atomic E-state index is 11.6. The zero-order chi connectivity index (χ0) is 16.9. The van der Waals surface area contributed by atoms with Crippen LogP contribution < -0.4 is 9.44 Å². The standard InChI is InChI=1S/C16H16N2O4S2/c19-23(20)7-5-13-9-11(1-3-15(13)17-23)12-2-4-16-14(10-12)6-8-24(21,22)18-16/h1-4,9-10,17-18H,5-8H2. The van der Waals surface area contributed by atoms with Crippen LogP contribution in [0.4, 0.5) is 11.4 Å². The van der Waals surface area contributed by atoms with Gasteiger partial charge in [0.25, 0.3) is 0 Å². The van der Waals surface area contributed by atoms with Gasteiger partial charge < -0.3 is 0 Å². The summed E-state index contributed by atoms with van der Waals surface area (Å²) < 4.78 is 51.6. The Morgan fingerprint density at radius 2 is 1.08 bits per heavy atom. The highest BCUT2D eigenvalue weighted by atomic mass is 32.2. The fraction of sp³-hybridized carbons (Fsp3) is 0.250. The van der Waals surface area contributed by atoms with E-state index in [9.17, 15) is 16.8 Å². The number of hydrogen-bond donors (Lipinski definition) is 2. The average Bonchev–Trinajstić information content (AvgIpc) is 2.52. The molecule has 0 spiro atoms. The van der Waals surface area contributed by atoms with Crippen LogP contribution in [0.1, 0.15) is 11.1 Å². The van der Waals surface area contributed by atoms with Crippen LogP contribution in [-0.4, -0.2) is 28.3 Å². The molecule has 0 aromatic heterocycles. The molecule has 6 nitrogen and oxygen atoms in total. The first-order valence-corrected chi connectivity index (χ1v) is 10.9. The lowest BCUT2D eigenvalue weighted by molar-refractivity contribution is 0.597. The van der Waals surface area contributed by atoms with Gasteiger partial charge in [0.1, 0.15) is 0 Å². The smallest absolute Gasteiger partial charge is 0.233 e. The minimum Gasteiger partial charge on any atom is -0.283 e. The van der Waals surface area contributed by atoms with E-state index in [4.69, 9.17) is 0 Å². The van der Waals surface area contributed by atoms with Crippen molar-refractivity contribution >= 4 is 31.4 Å². The Morgan fingerprint density at radius 1 is 0.667 bits per heavy atom. The van der Waals surface area contributed by atoms with Crippen molar-refractivity contribution in [1.82, 2.24) is 0 Å². The van der Waals surface area contributed by atoms with Crippen LogP contribution in [0, 0.1) is 0 Å². The Labute approximate surface area is 141 Å². The van der Waals surface area contributed by atoms with Crippen LogP contribution >= 0.6 is 0 Å². The summed E-state index contributed by atoms with van der Waals surface area (Å²) in [4.78, 5) is 0. The second-order valence-corrected chi connectivity index (χ2v) is 9.77. The molecule has 2 aliphatic rings. The average molecular weight is 364 g/mol. The summed E-state index contributed by atoms with van der Waals surface area (Å²) in [7, 11) is -6.42. The zero-order valence-corrected chi connectivity index (χ0v) is 14.4. The number of hydrogen-bond acceptors (Lipinski definition) is 4. The van der Waals surface area contributed by atoms with Gasteiger partial charge in [0.15, 0.2) is 0 Å². The third-order valence-electron chi connectivity index (χ3n) is 4.35. The Morgan fingerprint density at radius 3 is 1.50 bits per heavy atom. The molecule has 0 amide bonds. The van der Waals surface area contributed by atoms with Crippen molar-refractivity contribution in [3.63, 3.8) is 0 Å². The minimum absolute atomic E-state index is 0.0927. The molecule has 24 heavy (non-hydrogen) atoms. The third-order valence-corrected chi connectivity index (χ3v) is 6.90. The molecular weight excluding hydrogens is 348 g/mol. The minimum atomic E-state index is -3.21. The van der Waals surface area contributed by atoms with Crippen LogP contribution in [0.2, 0.25) is 0 Å². The van der Waals surface area contributed by atoms with E-state index in [1.165, 1.54) is 0 Å². The lowest BCUT2D eigenvalue weighted by atomic mass is 9.97. The molecule has 0 bridgehead atoms. The number of rotatable bonds is 1. The van der Waals surface area contributed by atoms with Gasteiger partial charge in [-0.25, -0.2) is 16.8 Å². The topological polar surface area (TPSA) is 92.3 Å². The first-order chi connectivity index (χ1) is 11.3. The molecule has 0 atom stereocenters. The van der Waals surface area contributed by atoms with Gasteiger partial charge in [0, 0.05) is 0 Å². The normalized spacial score (nSPS) is 20.2. The second-order valence-electron chi connectivity index (χ2n) is 6.09. The van der Waals surface area contributed by atoms with Crippen molar-refractivity contribution in [2.75, 3.05) is 20.9 Å². The summed E-state index contributed by atoms with van der Waals surface area (Å²) in [6, 6.07) is 11.3. The quantitative estimate of drug-likeness (QED) is 0.809. The van der Waals surface area contributed by atoms with Crippen molar-refractivity contribution in [2.24, 2.45) is 0 Å². The number of anilines is 2. The van der Waals surface area contributed by atoms with Crippen LogP contribution in [0.15, 0.2) is 36.4 Å². The summed E-state index contributed by atoms with van der Waals surface area (Å²) in [5.74, 6) is 0.185. The van der Waals surface area contributed by atoms with Crippen molar-refractivity contribution in [2.45, 2.75) is 12.8 Å². The first-order valence-electron chi connectivity index (χ1n) is 7.59. The number of benzene rings is 2. The molecule has 0 aliphatic carbocycles. The Kier molecular flexibility index (Phi) is 3.36. The zero-order valence-electron chi connectivity index (χ0n) is 12.7. The van der Waals surface area contributed by atoms with Crippen LogP contribution in [-0.2, 0) is 32.9 Å². The molecule has 4 rings (SSSR count). The van der Waals surface area contributed by atoms with Gasteiger partial charge >= 0.3 is 0 Å². The monoisotopic (exact) mass is 364 g/mol. The first kappa shape index (κ1) is 15.5. The number of fused-ring (bicyclic) bond motifs is 2. The van der Waals surface area contributed by atoms with Crippen molar-refractivity contribution in [3.8, 4) is 11.1 Å². The van der Waals surface area contributed by atoms with Crippen molar-refractivity contribution in [1.29, 1.82) is 0 Å². The highest BCUT2D eigenvalue weighted by Gasteiger charge is 2.22. The molecule has 2 heterocycles. The number of aryl methyl sites for hydroxylation is 2. The third kappa shape index (κ3) is 2.87. The Bertz CT molecular complexity index is 958. The molecule has 0 unspecified atom stereocenters. The fourth-order valence-corrected chi connectivity index (χ4v) is 5.33. The Hall–Kier alpha value is -2.06. The van der Waals surface area contributed by atoms with Gasteiger partial charge in [-0.15, -0.1) is 0 Å².